The first kappa shape index (κ1) is 10.8. The quantitative estimate of drug-likeness (QED) is 0.554. The fraction of sp³-hybridized carbons (Fsp3) is 0.917. The van der Waals surface area contributed by atoms with E-state index in [4.69, 9.17) is 5.73 Å². The van der Waals surface area contributed by atoms with Gasteiger partial charge in [-0.1, -0.05) is 13.8 Å². The van der Waals surface area contributed by atoms with Crippen molar-refractivity contribution in [1.29, 1.82) is 0 Å². The molecule has 0 aliphatic heterocycles. The molecule has 2 rings (SSSR count). The molecule has 2 saturated carbocycles. The van der Waals surface area contributed by atoms with Crippen molar-refractivity contribution in [3.05, 3.63) is 0 Å². The van der Waals surface area contributed by atoms with Gasteiger partial charge in [0, 0.05) is 19.1 Å². The van der Waals surface area contributed by atoms with Crippen LogP contribution in [0.1, 0.15) is 39.5 Å². The van der Waals surface area contributed by atoms with E-state index in [-0.39, 0.29) is 0 Å². The highest BCUT2D eigenvalue weighted by atomic mass is 15.3. The summed E-state index contributed by atoms with van der Waals surface area (Å²) in [4.78, 5) is 6.83. The molecule has 2 aliphatic rings. The van der Waals surface area contributed by atoms with E-state index in [9.17, 15) is 0 Å². The number of hydrogen-bond acceptors (Lipinski definition) is 1. The van der Waals surface area contributed by atoms with E-state index in [1.54, 1.807) is 0 Å². The molecule has 2 N–H and O–H groups in total. The maximum atomic E-state index is 6.06. The van der Waals surface area contributed by atoms with Gasteiger partial charge in [0.05, 0.1) is 0 Å². The molecule has 0 aromatic heterocycles. The topological polar surface area (TPSA) is 41.6 Å². The summed E-state index contributed by atoms with van der Waals surface area (Å²) in [5, 5.41) is 0. The summed E-state index contributed by atoms with van der Waals surface area (Å²) in [5.74, 6) is 2.29. The van der Waals surface area contributed by atoms with Gasteiger partial charge in [-0.15, -0.1) is 0 Å². The van der Waals surface area contributed by atoms with Crippen LogP contribution in [0.2, 0.25) is 0 Å². The molecule has 0 atom stereocenters. The van der Waals surface area contributed by atoms with Crippen LogP contribution in [-0.2, 0) is 0 Å². The van der Waals surface area contributed by atoms with Crippen LogP contribution in [0.3, 0.4) is 0 Å². The Kier molecular flexibility index (Phi) is 3.17. The van der Waals surface area contributed by atoms with Crippen LogP contribution < -0.4 is 5.73 Å². The predicted molar refractivity (Wildman–Crippen MR) is 63.8 cm³/mol. The van der Waals surface area contributed by atoms with Crippen molar-refractivity contribution in [1.82, 2.24) is 4.90 Å². The third-order valence-electron chi connectivity index (χ3n) is 3.05. The van der Waals surface area contributed by atoms with Crippen LogP contribution in [0, 0.1) is 11.8 Å². The third kappa shape index (κ3) is 3.40. The zero-order chi connectivity index (χ0) is 10.8. The van der Waals surface area contributed by atoms with Gasteiger partial charge in [-0.05, 0) is 37.5 Å². The predicted octanol–water partition coefficient (Wildman–Crippen LogP) is 1.83. The molecule has 3 nitrogen and oxygen atoms in total. The van der Waals surface area contributed by atoms with Crippen LogP contribution in [-0.4, -0.2) is 30.0 Å². The zero-order valence-electron chi connectivity index (χ0n) is 9.95. The van der Waals surface area contributed by atoms with Gasteiger partial charge in [0.1, 0.15) is 0 Å². The van der Waals surface area contributed by atoms with E-state index < -0.39 is 0 Å². The molecule has 0 amide bonds. The summed E-state index contributed by atoms with van der Waals surface area (Å²) in [5.41, 5.74) is 6.06. The van der Waals surface area contributed by atoms with Crippen molar-refractivity contribution in [2.75, 3.05) is 13.1 Å². The maximum Gasteiger partial charge on any atom is 0.191 e. The standard InChI is InChI=1S/C12H23N3/c1-9(2)7-14-12(13)15(11-5-6-11)8-10-3-4-10/h9-11H,3-8H2,1-2H3,(H2,13,14). The Balaban J connectivity index is 1.87. The summed E-state index contributed by atoms with van der Waals surface area (Å²) in [7, 11) is 0. The van der Waals surface area contributed by atoms with E-state index >= 15 is 0 Å². The Labute approximate surface area is 92.7 Å². The average molecular weight is 209 g/mol. The maximum absolute atomic E-state index is 6.06. The lowest BCUT2D eigenvalue weighted by Gasteiger charge is -2.23. The van der Waals surface area contributed by atoms with Crippen LogP contribution in [0.25, 0.3) is 0 Å². The van der Waals surface area contributed by atoms with Crippen LogP contribution >= 0.6 is 0 Å². The van der Waals surface area contributed by atoms with E-state index in [1.165, 1.54) is 25.7 Å². The monoisotopic (exact) mass is 209 g/mol. The normalized spacial score (nSPS) is 22.2. The molecule has 0 saturated heterocycles. The van der Waals surface area contributed by atoms with Gasteiger partial charge in [-0.2, -0.15) is 0 Å². The van der Waals surface area contributed by atoms with Crippen LogP contribution in [0.5, 0.6) is 0 Å². The van der Waals surface area contributed by atoms with Gasteiger partial charge in [-0.3, -0.25) is 4.99 Å². The molecule has 0 heterocycles. The molecular weight excluding hydrogens is 186 g/mol. The molecule has 86 valence electrons. The highest BCUT2D eigenvalue weighted by molar-refractivity contribution is 5.78. The summed E-state index contributed by atoms with van der Waals surface area (Å²) in [6, 6.07) is 0.710. The van der Waals surface area contributed by atoms with Crippen molar-refractivity contribution in [3.8, 4) is 0 Å². The molecular formula is C12H23N3. The van der Waals surface area contributed by atoms with Crippen molar-refractivity contribution >= 4 is 5.96 Å². The lowest BCUT2D eigenvalue weighted by atomic mass is 10.2. The molecule has 0 radical (unpaired) electrons. The van der Waals surface area contributed by atoms with Crippen LogP contribution in [0.4, 0.5) is 0 Å². The molecule has 0 aromatic rings. The lowest BCUT2D eigenvalue weighted by Crippen LogP contribution is -2.40. The highest BCUT2D eigenvalue weighted by Crippen LogP contribution is 2.34. The van der Waals surface area contributed by atoms with E-state index in [0.29, 0.717) is 12.0 Å². The molecule has 0 aromatic carbocycles. The van der Waals surface area contributed by atoms with Crippen molar-refractivity contribution in [2.24, 2.45) is 22.6 Å². The highest BCUT2D eigenvalue weighted by Gasteiger charge is 2.34. The van der Waals surface area contributed by atoms with E-state index in [2.05, 4.69) is 23.7 Å². The van der Waals surface area contributed by atoms with Gasteiger partial charge in [0.2, 0.25) is 0 Å². The number of nitrogens with zero attached hydrogens (tertiary/aromatic N) is 2. The first-order valence-electron chi connectivity index (χ1n) is 6.23. The summed E-state index contributed by atoms with van der Waals surface area (Å²) in [6.45, 7) is 6.37. The fourth-order valence-corrected chi connectivity index (χ4v) is 1.76. The van der Waals surface area contributed by atoms with Gasteiger partial charge < -0.3 is 10.6 Å². The Bertz CT molecular complexity index is 239. The first-order valence-corrected chi connectivity index (χ1v) is 6.23. The van der Waals surface area contributed by atoms with Crippen molar-refractivity contribution < 1.29 is 0 Å². The summed E-state index contributed by atoms with van der Waals surface area (Å²) in [6.07, 6.45) is 5.40. The molecule has 2 aliphatic carbocycles. The number of nitrogens with two attached hydrogens (primary N) is 1. The Morgan fingerprint density at radius 1 is 1.33 bits per heavy atom. The second-order valence-corrected chi connectivity index (χ2v) is 5.42. The average Bonchev–Trinajstić information content (AvgIpc) is 3.00. The van der Waals surface area contributed by atoms with Gasteiger partial charge in [-0.25, -0.2) is 0 Å². The number of rotatable bonds is 5. The fourth-order valence-electron chi connectivity index (χ4n) is 1.76. The lowest BCUT2D eigenvalue weighted by molar-refractivity contribution is 0.384. The number of guanidine groups is 1. The molecule has 0 unspecified atom stereocenters. The molecule has 3 heteroatoms. The summed E-state index contributed by atoms with van der Waals surface area (Å²) >= 11 is 0. The molecule has 0 bridgehead atoms. The molecule has 0 spiro atoms. The van der Waals surface area contributed by atoms with Gasteiger partial charge in [0.25, 0.3) is 0 Å². The van der Waals surface area contributed by atoms with Crippen molar-refractivity contribution in [3.63, 3.8) is 0 Å². The third-order valence-corrected chi connectivity index (χ3v) is 3.05. The molecule has 15 heavy (non-hydrogen) atoms. The Morgan fingerprint density at radius 3 is 2.47 bits per heavy atom. The second kappa shape index (κ2) is 4.42. The van der Waals surface area contributed by atoms with Gasteiger partial charge in [0.15, 0.2) is 5.96 Å². The minimum atomic E-state index is 0.602. The smallest absolute Gasteiger partial charge is 0.191 e. The largest absolute Gasteiger partial charge is 0.370 e. The number of hydrogen-bond donors (Lipinski definition) is 1. The number of aliphatic imine (C=N–C) groups is 1. The van der Waals surface area contributed by atoms with Crippen LogP contribution in [0.15, 0.2) is 4.99 Å². The minimum absolute atomic E-state index is 0.602. The Morgan fingerprint density at radius 2 is 2.00 bits per heavy atom. The van der Waals surface area contributed by atoms with Crippen molar-refractivity contribution in [2.45, 2.75) is 45.6 Å². The van der Waals surface area contributed by atoms with E-state index in [1.807, 2.05) is 0 Å². The minimum Gasteiger partial charge on any atom is -0.370 e. The second-order valence-electron chi connectivity index (χ2n) is 5.42. The van der Waals surface area contributed by atoms with Gasteiger partial charge >= 0.3 is 0 Å². The summed E-state index contributed by atoms with van der Waals surface area (Å²) < 4.78 is 0. The first-order chi connectivity index (χ1) is 7.16. The van der Waals surface area contributed by atoms with E-state index in [0.717, 1.165) is 25.0 Å². The zero-order valence-corrected chi connectivity index (χ0v) is 9.95. The SMILES string of the molecule is CC(C)CN=C(N)N(CC1CC1)C1CC1. The Hall–Kier alpha value is -0.730. The molecule has 2 fully saturated rings.